The molecule has 5 heteroatoms. The number of halogens is 2. The highest BCUT2D eigenvalue weighted by Crippen LogP contribution is 2.41. The zero-order valence-electron chi connectivity index (χ0n) is 10.7. The van der Waals surface area contributed by atoms with E-state index in [1.807, 2.05) is 0 Å². The molecular formula is C14H17ClFNO2. The van der Waals surface area contributed by atoms with Crippen molar-refractivity contribution in [1.82, 2.24) is 5.32 Å². The van der Waals surface area contributed by atoms with E-state index in [-0.39, 0.29) is 10.8 Å². The Balaban J connectivity index is 1.86. The standard InChI is InChI=1S/C14H17ClFNO2/c15-12-13(16)9(7-10-3-1-2-4-17-10)8-11-14(12)19-6-5-18-11/h8,10,17H,1-7H2. The van der Waals surface area contributed by atoms with E-state index in [9.17, 15) is 4.39 Å². The van der Waals surface area contributed by atoms with Crippen LogP contribution in [-0.4, -0.2) is 25.8 Å². The first-order valence-electron chi connectivity index (χ1n) is 6.75. The maximum atomic E-state index is 14.2. The lowest BCUT2D eigenvalue weighted by molar-refractivity contribution is 0.170. The van der Waals surface area contributed by atoms with Crippen LogP contribution in [-0.2, 0) is 6.42 Å². The van der Waals surface area contributed by atoms with Gasteiger partial charge in [-0.3, -0.25) is 0 Å². The topological polar surface area (TPSA) is 30.5 Å². The molecule has 2 aliphatic rings. The number of fused-ring (bicyclic) bond motifs is 1. The van der Waals surface area contributed by atoms with Crippen molar-refractivity contribution in [3.8, 4) is 11.5 Å². The molecule has 3 rings (SSSR count). The molecular weight excluding hydrogens is 269 g/mol. The fraction of sp³-hybridized carbons (Fsp3) is 0.571. The van der Waals surface area contributed by atoms with Crippen LogP contribution in [0.3, 0.4) is 0 Å². The molecule has 1 aromatic carbocycles. The minimum Gasteiger partial charge on any atom is -0.486 e. The van der Waals surface area contributed by atoms with Gasteiger partial charge in [-0.1, -0.05) is 18.0 Å². The first kappa shape index (κ1) is 13.0. The second-order valence-electron chi connectivity index (χ2n) is 5.04. The molecule has 1 aromatic rings. The molecule has 0 radical (unpaired) electrons. The first-order chi connectivity index (χ1) is 9.25. The molecule has 1 N–H and O–H groups in total. The molecule has 1 unspecified atom stereocenters. The Morgan fingerprint density at radius 2 is 2.16 bits per heavy atom. The van der Waals surface area contributed by atoms with Crippen LogP contribution in [0.4, 0.5) is 4.39 Å². The third kappa shape index (κ3) is 2.65. The Morgan fingerprint density at radius 1 is 1.32 bits per heavy atom. The Labute approximate surface area is 117 Å². The largest absolute Gasteiger partial charge is 0.486 e. The Bertz CT molecular complexity index is 475. The highest BCUT2D eigenvalue weighted by molar-refractivity contribution is 6.32. The maximum Gasteiger partial charge on any atom is 0.182 e. The molecule has 0 saturated carbocycles. The predicted octanol–water partition coefficient (Wildman–Crippen LogP) is 2.93. The summed E-state index contributed by atoms with van der Waals surface area (Å²) in [7, 11) is 0. The van der Waals surface area contributed by atoms with E-state index >= 15 is 0 Å². The van der Waals surface area contributed by atoms with Crippen molar-refractivity contribution in [2.24, 2.45) is 0 Å². The summed E-state index contributed by atoms with van der Waals surface area (Å²) in [6.45, 7) is 1.90. The fourth-order valence-electron chi connectivity index (χ4n) is 2.69. The van der Waals surface area contributed by atoms with E-state index in [0.717, 1.165) is 13.0 Å². The van der Waals surface area contributed by atoms with E-state index < -0.39 is 0 Å². The van der Waals surface area contributed by atoms with Crippen LogP contribution in [0.25, 0.3) is 0 Å². The van der Waals surface area contributed by atoms with Crippen LogP contribution in [0.1, 0.15) is 24.8 Å². The highest BCUT2D eigenvalue weighted by atomic mass is 35.5. The molecule has 1 fully saturated rings. The van der Waals surface area contributed by atoms with E-state index in [0.29, 0.717) is 42.7 Å². The number of nitrogens with one attached hydrogen (secondary N) is 1. The van der Waals surface area contributed by atoms with Crippen LogP contribution < -0.4 is 14.8 Å². The van der Waals surface area contributed by atoms with Crippen molar-refractivity contribution in [2.75, 3.05) is 19.8 Å². The molecule has 0 amide bonds. The van der Waals surface area contributed by atoms with Gasteiger partial charge in [-0.25, -0.2) is 4.39 Å². The van der Waals surface area contributed by atoms with Gasteiger partial charge in [0.2, 0.25) is 0 Å². The summed E-state index contributed by atoms with van der Waals surface area (Å²) in [5.41, 5.74) is 0.605. The van der Waals surface area contributed by atoms with Gasteiger partial charge < -0.3 is 14.8 Å². The first-order valence-corrected chi connectivity index (χ1v) is 7.13. The van der Waals surface area contributed by atoms with Crippen LogP contribution in [0, 0.1) is 5.82 Å². The van der Waals surface area contributed by atoms with Gasteiger partial charge >= 0.3 is 0 Å². The highest BCUT2D eigenvalue weighted by Gasteiger charge is 2.24. The maximum absolute atomic E-state index is 14.2. The molecule has 19 heavy (non-hydrogen) atoms. The second kappa shape index (κ2) is 5.55. The molecule has 3 nitrogen and oxygen atoms in total. The number of benzene rings is 1. The van der Waals surface area contributed by atoms with E-state index in [2.05, 4.69) is 5.32 Å². The van der Waals surface area contributed by atoms with Crippen molar-refractivity contribution in [1.29, 1.82) is 0 Å². The zero-order valence-corrected chi connectivity index (χ0v) is 11.4. The summed E-state index contributed by atoms with van der Waals surface area (Å²) in [5, 5.41) is 3.46. The number of piperidine rings is 1. The summed E-state index contributed by atoms with van der Waals surface area (Å²) in [5.74, 6) is 0.521. The lowest BCUT2D eigenvalue weighted by Gasteiger charge is -2.25. The third-order valence-electron chi connectivity index (χ3n) is 3.67. The zero-order chi connectivity index (χ0) is 13.2. The molecule has 104 valence electrons. The summed E-state index contributed by atoms with van der Waals surface area (Å²) >= 11 is 6.03. The minimum atomic E-state index is -0.377. The smallest absolute Gasteiger partial charge is 0.182 e. The Morgan fingerprint density at radius 3 is 2.95 bits per heavy atom. The quantitative estimate of drug-likeness (QED) is 0.906. The van der Waals surface area contributed by atoms with Gasteiger partial charge in [-0.15, -0.1) is 0 Å². The van der Waals surface area contributed by atoms with Crippen molar-refractivity contribution in [3.63, 3.8) is 0 Å². The monoisotopic (exact) mass is 285 g/mol. The molecule has 2 aliphatic heterocycles. The van der Waals surface area contributed by atoms with E-state index in [1.165, 1.54) is 12.8 Å². The molecule has 1 saturated heterocycles. The van der Waals surface area contributed by atoms with E-state index in [1.54, 1.807) is 6.07 Å². The van der Waals surface area contributed by atoms with Gasteiger partial charge in [0.15, 0.2) is 11.5 Å². The summed E-state index contributed by atoms with van der Waals surface area (Å²) < 4.78 is 25.1. The normalized spacial score (nSPS) is 22.3. The number of hydrogen-bond donors (Lipinski definition) is 1. The van der Waals surface area contributed by atoms with Crippen molar-refractivity contribution >= 4 is 11.6 Å². The summed E-state index contributed by atoms with van der Waals surface area (Å²) in [4.78, 5) is 0. The second-order valence-corrected chi connectivity index (χ2v) is 5.42. The van der Waals surface area contributed by atoms with Crippen LogP contribution in [0.5, 0.6) is 11.5 Å². The molecule has 0 spiro atoms. The van der Waals surface area contributed by atoms with Gasteiger partial charge in [0.1, 0.15) is 24.1 Å². The number of hydrogen-bond acceptors (Lipinski definition) is 3. The third-order valence-corrected chi connectivity index (χ3v) is 4.01. The van der Waals surface area contributed by atoms with Gasteiger partial charge in [0.05, 0.1) is 0 Å². The Hall–Kier alpha value is -1.00. The summed E-state index contributed by atoms with van der Waals surface area (Å²) in [6, 6.07) is 2.05. The fourth-order valence-corrected chi connectivity index (χ4v) is 2.95. The molecule has 0 aliphatic carbocycles. The van der Waals surface area contributed by atoms with Gasteiger partial charge in [0, 0.05) is 6.04 Å². The van der Waals surface area contributed by atoms with Gasteiger partial charge in [-0.05, 0) is 37.4 Å². The lowest BCUT2D eigenvalue weighted by Crippen LogP contribution is -2.35. The predicted molar refractivity (Wildman–Crippen MR) is 71.7 cm³/mol. The van der Waals surface area contributed by atoms with Crippen molar-refractivity contribution in [3.05, 3.63) is 22.5 Å². The Kier molecular flexibility index (Phi) is 3.80. The lowest BCUT2D eigenvalue weighted by atomic mass is 9.97. The van der Waals surface area contributed by atoms with Crippen LogP contribution in [0.2, 0.25) is 5.02 Å². The van der Waals surface area contributed by atoms with Gasteiger partial charge in [-0.2, -0.15) is 0 Å². The van der Waals surface area contributed by atoms with Gasteiger partial charge in [0.25, 0.3) is 0 Å². The van der Waals surface area contributed by atoms with E-state index in [4.69, 9.17) is 21.1 Å². The van der Waals surface area contributed by atoms with Crippen molar-refractivity contribution in [2.45, 2.75) is 31.7 Å². The van der Waals surface area contributed by atoms with Crippen LogP contribution >= 0.6 is 11.6 Å². The summed E-state index contributed by atoms with van der Waals surface area (Å²) in [6.07, 6.45) is 4.10. The van der Waals surface area contributed by atoms with Crippen molar-refractivity contribution < 1.29 is 13.9 Å². The minimum absolute atomic E-state index is 0.0445. The SMILES string of the molecule is Fc1c(CC2CCCCN2)cc2c(c1Cl)OCCO2. The molecule has 0 aromatic heterocycles. The molecule has 2 heterocycles. The average molecular weight is 286 g/mol. The molecule has 1 atom stereocenters. The van der Waals surface area contributed by atoms with Crippen LogP contribution in [0.15, 0.2) is 6.07 Å². The number of ether oxygens (including phenoxy) is 2. The molecule has 0 bridgehead atoms. The number of rotatable bonds is 2. The average Bonchev–Trinajstić information content (AvgIpc) is 2.46.